The number of nitrogens with one attached hydrogen (secondary N) is 1. The van der Waals surface area contributed by atoms with Crippen molar-refractivity contribution in [1.29, 1.82) is 5.26 Å². The van der Waals surface area contributed by atoms with Crippen molar-refractivity contribution >= 4 is 46.7 Å². The molecule has 0 saturated carbocycles. The van der Waals surface area contributed by atoms with E-state index >= 15 is 0 Å². The second-order valence-electron chi connectivity index (χ2n) is 3.75. The molecule has 2 aromatic rings. The van der Waals surface area contributed by atoms with Gasteiger partial charge in [0.1, 0.15) is 6.07 Å². The molecule has 1 aromatic heterocycles. The van der Waals surface area contributed by atoms with Crippen LogP contribution in [0.1, 0.15) is 17.3 Å². The molecule has 0 radical (unpaired) electrons. The molecule has 0 atom stereocenters. The highest BCUT2D eigenvalue weighted by molar-refractivity contribution is 6.38. The van der Waals surface area contributed by atoms with Crippen LogP contribution in [-0.2, 0) is 0 Å². The largest absolute Gasteiger partial charge is 0.368 e. The summed E-state index contributed by atoms with van der Waals surface area (Å²) in [5.74, 6) is -0.334. The van der Waals surface area contributed by atoms with Gasteiger partial charge < -0.3 is 11.1 Å². The van der Waals surface area contributed by atoms with Crippen LogP contribution in [0.25, 0.3) is 0 Å². The van der Waals surface area contributed by atoms with Crippen molar-refractivity contribution in [2.45, 2.75) is 6.92 Å². The van der Waals surface area contributed by atoms with Crippen LogP contribution in [0.3, 0.4) is 0 Å². The third-order valence-electron chi connectivity index (χ3n) is 2.38. The van der Waals surface area contributed by atoms with Crippen molar-refractivity contribution in [1.82, 2.24) is 14.8 Å². The summed E-state index contributed by atoms with van der Waals surface area (Å²) in [7, 11) is 0. The summed E-state index contributed by atoms with van der Waals surface area (Å²) < 4.78 is 0.942. The molecule has 9 heteroatoms. The molecule has 0 aliphatic heterocycles. The highest BCUT2D eigenvalue weighted by Gasteiger charge is 2.14. The van der Waals surface area contributed by atoms with Gasteiger partial charge in [-0.3, -0.25) is 4.79 Å². The molecule has 0 aliphatic rings. The van der Waals surface area contributed by atoms with E-state index in [1.165, 1.54) is 13.0 Å². The van der Waals surface area contributed by atoms with Crippen LogP contribution in [0.2, 0.25) is 10.0 Å². The molecule has 0 saturated heterocycles. The van der Waals surface area contributed by atoms with Crippen LogP contribution in [0.5, 0.6) is 0 Å². The topological polar surface area (TPSA) is 110 Å². The van der Waals surface area contributed by atoms with Crippen molar-refractivity contribution in [3.8, 4) is 6.07 Å². The van der Waals surface area contributed by atoms with Gasteiger partial charge in [0, 0.05) is 6.92 Å². The summed E-state index contributed by atoms with van der Waals surface area (Å²) in [4.78, 5) is 15.1. The van der Waals surface area contributed by atoms with Crippen LogP contribution in [-0.4, -0.2) is 20.7 Å². The Labute approximate surface area is 123 Å². The van der Waals surface area contributed by atoms with E-state index in [2.05, 4.69) is 15.4 Å². The molecule has 0 spiro atoms. The van der Waals surface area contributed by atoms with Gasteiger partial charge in [0.15, 0.2) is 0 Å². The highest BCUT2D eigenvalue weighted by Crippen LogP contribution is 2.32. The molecule has 0 aliphatic carbocycles. The van der Waals surface area contributed by atoms with E-state index in [1.54, 1.807) is 6.07 Å². The summed E-state index contributed by atoms with van der Waals surface area (Å²) >= 11 is 11.9. The smallest absolute Gasteiger partial charge is 0.248 e. The molecule has 0 unspecified atom stereocenters. The molecule has 7 nitrogen and oxygen atoms in total. The summed E-state index contributed by atoms with van der Waals surface area (Å²) in [5, 5.41) is 16.0. The number of nitrogens with two attached hydrogens (primary N) is 1. The van der Waals surface area contributed by atoms with Gasteiger partial charge in [0.05, 0.1) is 21.3 Å². The number of nitrogen functional groups attached to an aromatic ring is 1. The number of carbonyl (C=O) groups excluding carboxylic acids is 1. The number of hydrogen-bond acceptors (Lipinski definition) is 6. The second-order valence-corrected chi connectivity index (χ2v) is 4.53. The lowest BCUT2D eigenvalue weighted by Crippen LogP contribution is -2.11. The molecule has 0 amide bonds. The Kier molecular flexibility index (Phi) is 3.79. The summed E-state index contributed by atoms with van der Waals surface area (Å²) in [6.07, 6.45) is 0. The van der Waals surface area contributed by atoms with E-state index in [0.717, 1.165) is 4.68 Å². The maximum Gasteiger partial charge on any atom is 0.248 e. The van der Waals surface area contributed by atoms with Crippen molar-refractivity contribution < 1.29 is 4.79 Å². The molecule has 20 heavy (non-hydrogen) atoms. The summed E-state index contributed by atoms with van der Waals surface area (Å²) in [6, 6.07) is 4.97. The van der Waals surface area contributed by atoms with E-state index < -0.39 is 0 Å². The first kappa shape index (κ1) is 14.1. The Morgan fingerprint density at radius 2 is 2.20 bits per heavy atom. The minimum absolute atomic E-state index is 0.0504. The molecular formula is C11H8Cl2N6O. The zero-order chi connectivity index (χ0) is 14.9. The Morgan fingerprint density at radius 1 is 1.50 bits per heavy atom. The standard InChI is InChI=1S/C11H8Cl2N6O/c1-5(20)19-10(15)17-11(18-19)16-8-3-2-7(12)6(4-14)9(8)13/h2-3H,1H3,(H3,15,16,17,18). The Morgan fingerprint density at radius 3 is 2.75 bits per heavy atom. The minimum atomic E-state index is -0.372. The van der Waals surface area contributed by atoms with Gasteiger partial charge in [-0.25, -0.2) is 0 Å². The monoisotopic (exact) mass is 310 g/mol. The van der Waals surface area contributed by atoms with Gasteiger partial charge in [-0.05, 0) is 12.1 Å². The maximum absolute atomic E-state index is 11.2. The quantitative estimate of drug-likeness (QED) is 0.881. The van der Waals surface area contributed by atoms with Crippen molar-refractivity contribution in [3.05, 3.63) is 27.7 Å². The third kappa shape index (κ3) is 2.52. The van der Waals surface area contributed by atoms with Crippen LogP contribution in [0, 0.1) is 11.3 Å². The normalized spacial score (nSPS) is 10.1. The zero-order valence-electron chi connectivity index (χ0n) is 10.2. The Hall–Kier alpha value is -2.30. The van der Waals surface area contributed by atoms with Crippen LogP contribution < -0.4 is 11.1 Å². The lowest BCUT2D eigenvalue weighted by molar-refractivity contribution is 0.0924. The average molecular weight is 311 g/mol. The third-order valence-corrected chi connectivity index (χ3v) is 3.09. The Bertz CT molecular complexity index is 733. The zero-order valence-corrected chi connectivity index (χ0v) is 11.7. The minimum Gasteiger partial charge on any atom is -0.368 e. The molecule has 2 rings (SSSR count). The van der Waals surface area contributed by atoms with Crippen molar-refractivity contribution in [2.75, 3.05) is 11.1 Å². The number of nitrogens with zero attached hydrogens (tertiary/aromatic N) is 4. The average Bonchev–Trinajstić information content (AvgIpc) is 2.75. The van der Waals surface area contributed by atoms with Gasteiger partial charge >= 0.3 is 0 Å². The molecule has 0 fully saturated rings. The van der Waals surface area contributed by atoms with E-state index in [9.17, 15) is 4.79 Å². The number of benzene rings is 1. The second kappa shape index (κ2) is 5.36. The predicted octanol–water partition coefficient (Wildman–Crippen LogP) is 2.44. The SMILES string of the molecule is CC(=O)n1nc(Nc2ccc(Cl)c(C#N)c2Cl)nc1N. The Balaban J connectivity index is 2.39. The van der Waals surface area contributed by atoms with E-state index in [1.807, 2.05) is 6.07 Å². The fraction of sp³-hybridized carbons (Fsp3) is 0.0909. The fourth-order valence-electron chi connectivity index (χ4n) is 1.48. The molecule has 102 valence electrons. The first-order chi connectivity index (χ1) is 9.43. The number of nitriles is 1. The van der Waals surface area contributed by atoms with Crippen molar-refractivity contribution in [3.63, 3.8) is 0 Å². The van der Waals surface area contributed by atoms with E-state index in [-0.39, 0.29) is 33.4 Å². The van der Waals surface area contributed by atoms with E-state index in [0.29, 0.717) is 5.69 Å². The number of halogens is 2. The van der Waals surface area contributed by atoms with Gasteiger partial charge in [-0.1, -0.05) is 23.2 Å². The van der Waals surface area contributed by atoms with Crippen LogP contribution >= 0.6 is 23.2 Å². The van der Waals surface area contributed by atoms with E-state index in [4.69, 9.17) is 34.2 Å². The van der Waals surface area contributed by atoms with Gasteiger partial charge in [-0.2, -0.15) is 14.9 Å². The number of aromatic nitrogens is 3. The summed E-state index contributed by atoms with van der Waals surface area (Å²) in [6.45, 7) is 1.30. The van der Waals surface area contributed by atoms with Crippen molar-refractivity contribution in [2.24, 2.45) is 0 Å². The van der Waals surface area contributed by atoms with Gasteiger partial charge in [-0.15, -0.1) is 5.10 Å². The van der Waals surface area contributed by atoms with Gasteiger partial charge in [0.2, 0.25) is 17.8 Å². The van der Waals surface area contributed by atoms with Gasteiger partial charge in [0.25, 0.3) is 0 Å². The fourth-order valence-corrected chi connectivity index (χ4v) is 1.98. The first-order valence-corrected chi connectivity index (χ1v) is 6.08. The highest BCUT2D eigenvalue weighted by atomic mass is 35.5. The number of rotatable bonds is 2. The maximum atomic E-state index is 11.2. The molecular weight excluding hydrogens is 303 g/mol. The molecule has 1 heterocycles. The van der Waals surface area contributed by atoms with Crippen LogP contribution in [0.15, 0.2) is 12.1 Å². The first-order valence-electron chi connectivity index (χ1n) is 5.32. The summed E-state index contributed by atoms with van der Waals surface area (Å²) in [5.41, 5.74) is 6.06. The lowest BCUT2D eigenvalue weighted by Gasteiger charge is -2.06. The van der Waals surface area contributed by atoms with Crippen LogP contribution in [0.4, 0.5) is 17.6 Å². The predicted molar refractivity (Wildman–Crippen MR) is 75.2 cm³/mol. The number of hydrogen-bond donors (Lipinski definition) is 2. The number of carbonyl (C=O) groups is 1. The molecule has 1 aromatic carbocycles. The number of anilines is 3. The molecule has 0 bridgehead atoms. The molecule has 3 N–H and O–H groups in total. The lowest BCUT2D eigenvalue weighted by atomic mass is 10.2.